The predicted molar refractivity (Wildman–Crippen MR) is 106 cm³/mol. The van der Waals surface area contributed by atoms with Crippen LogP contribution < -0.4 is 4.90 Å². The third-order valence-corrected chi connectivity index (χ3v) is 8.05. The molecular formula is C21H23N3O3S. The van der Waals surface area contributed by atoms with E-state index in [2.05, 4.69) is 4.90 Å². The van der Waals surface area contributed by atoms with Crippen LogP contribution in [0.3, 0.4) is 0 Å². The Balaban J connectivity index is 1.56. The van der Waals surface area contributed by atoms with Gasteiger partial charge in [0.1, 0.15) is 6.17 Å². The number of nitrogens with zero attached hydrogens (tertiary/aromatic N) is 3. The lowest BCUT2D eigenvalue weighted by Crippen LogP contribution is -2.35. The Kier molecular flexibility index (Phi) is 4.08. The molecule has 0 aliphatic carbocycles. The second-order valence-corrected chi connectivity index (χ2v) is 9.70. The maximum Gasteiger partial charge on any atom is 0.244 e. The van der Waals surface area contributed by atoms with E-state index in [1.165, 1.54) is 0 Å². The van der Waals surface area contributed by atoms with E-state index in [0.717, 1.165) is 36.2 Å². The number of carbonyl (C=O) groups is 1. The van der Waals surface area contributed by atoms with Crippen LogP contribution in [-0.2, 0) is 21.2 Å². The molecule has 1 amide bonds. The maximum atomic E-state index is 13.6. The zero-order chi connectivity index (χ0) is 19.5. The smallest absolute Gasteiger partial charge is 0.244 e. The first-order valence-corrected chi connectivity index (χ1v) is 11.1. The molecule has 3 aliphatic heterocycles. The number of hydrogen-bond acceptors (Lipinski definition) is 4. The summed E-state index contributed by atoms with van der Waals surface area (Å²) in [6.07, 6.45) is 2.12. The molecular weight excluding hydrogens is 374 g/mol. The molecule has 2 atom stereocenters. The fourth-order valence-corrected chi connectivity index (χ4v) is 6.48. The molecule has 6 nitrogen and oxygen atoms in total. The SMILES string of the molecule is CN1C(=O)Cc2cc(S(=O)(=O)N3CC4CCCN4C3c3ccccc3)ccc21. The molecule has 0 aromatic heterocycles. The minimum Gasteiger partial charge on any atom is -0.315 e. The quantitative estimate of drug-likeness (QED) is 0.798. The summed E-state index contributed by atoms with van der Waals surface area (Å²) in [7, 11) is -1.95. The van der Waals surface area contributed by atoms with E-state index >= 15 is 0 Å². The van der Waals surface area contributed by atoms with Gasteiger partial charge in [0.15, 0.2) is 0 Å². The van der Waals surface area contributed by atoms with Gasteiger partial charge in [-0.1, -0.05) is 30.3 Å². The van der Waals surface area contributed by atoms with Crippen molar-refractivity contribution in [1.82, 2.24) is 9.21 Å². The van der Waals surface area contributed by atoms with Crippen LogP contribution in [0.5, 0.6) is 0 Å². The Morgan fingerprint density at radius 3 is 2.64 bits per heavy atom. The molecule has 28 heavy (non-hydrogen) atoms. The highest BCUT2D eigenvalue weighted by molar-refractivity contribution is 7.89. The summed E-state index contributed by atoms with van der Waals surface area (Å²) in [5, 5.41) is 0. The number of benzene rings is 2. The van der Waals surface area contributed by atoms with Gasteiger partial charge in [-0.05, 0) is 42.2 Å². The molecule has 0 radical (unpaired) electrons. The summed E-state index contributed by atoms with van der Waals surface area (Å²) in [5.74, 6) is -0.00599. The minimum absolute atomic E-state index is 0.00599. The van der Waals surface area contributed by atoms with Crippen LogP contribution in [0.4, 0.5) is 5.69 Å². The summed E-state index contributed by atoms with van der Waals surface area (Å²) in [6.45, 7) is 1.43. The highest BCUT2D eigenvalue weighted by Crippen LogP contribution is 2.42. The Labute approximate surface area is 165 Å². The molecule has 0 bridgehead atoms. The predicted octanol–water partition coefficient (Wildman–Crippen LogP) is 2.37. The summed E-state index contributed by atoms with van der Waals surface area (Å²) < 4.78 is 28.9. The van der Waals surface area contributed by atoms with Crippen molar-refractivity contribution in [2.45, 2.75) is 36.4 Å². The third kappa shape index (κ3) is 2.61. The van der Waals surface area contributed by atoms with Crippen LogP contribution >= 0.6 is 0 Å². The largest absolute Gasteiger partial charge is 0.315 e. The first-order valence-electron chi connectivity index (χ1n) is 9.69. The molecule has 0 saturated carbocycles. The van der Waals surface area contributed by atoms with Gasteiger partial charge in [0.2, 0.25) is 15.9 Å². The zero-order valence-corrected chi connectivity index (χ0v) is 16.6. The zero-order valence-electron chi connectivity index (χ0n) is 15.8. The Hall–Kier alpha value is -2.22. The topological polar surface area (TPSA) is 60.9 Å². The molecule has 146 valence electrons. The van der Waals surface area contributed by atoms with Crippen molar-refractivity contribution >= 4 is 21.6 Å². The molecule has 0 N–H and O–H groups in total. The third-order valence-electron chi connectivity index (χ3n) is 6.23. The number of carbonyl (C=O) groups excluding carboxylic acids is 1. The van der Waals surface area contributed by atoms with Gasteiger partial charge < -0.3 is 4.90 Å². The fraction of sp³-hybridized carbons (Fsp3) is 0.381. The fourth-order valence-electron chi connectivity index (χ4n) is 4.80. The molecule has 3 aliphatic rings. The van der Waals surface area contributed by atoms with E-state index in [4.69, 9.17) is 0 Å². The average Bonchev–Trinajstić information content (AvgIpc) is 3.36. The molecule has 2 aromatic rings. The Bertz CT molecular complexity index is 1040. The van der Waals surface area contributed by atoms with E-state index in [-0.39, 0.29) is 29.4 Å². The van der Waals surface area contributed by atoms with E-state index in [1.54, 1.807) is 34.5 Å². The molecule has 0 spiro atoms. The second kappa shape index (κ2) is 6.40. The minimum atomic E-state index is -3.67. The van der Waals surface area contributed by atoms with E-state index in [9.17, 15) is 13.2 Å². The van der Waals surface area contributed by atoms with Crippen LogP contribution in [0.2, 0.25) is 0 Å². The van der Waals surface area contributed by atoms with Gasteiger partial charge in [-0.15, -0.1) is 0 Å². The summed E-state index contributed by atoms with van der Waals surface area (Å²) in [5.41, 5.74) is 2.58. The number of fused-ring (bicyclic) bond motifs is 2. The Morgan fingerprint density at radius 2 is 1.86 bits per heavy atom. The van der Waals surface area contributed by atoms with Crippen molar-refractivity contribution in [3.05, 3.63) is 59.7 Å². The highest BCUT2D eigenvalue weighted by Gasteiger charge is 2.48. The van der Waals surface area contributed by atoms with Crippen LogP contribution in [0.15, 0.2) is 53.4 Å². The number of anilines is 1. The van der Waals surface area contributed by atoms with Crippen LogP contribution in [0.25, 0.3) is 0 Å². The van der Waals surface area contributed by atoms with Crippen molar-refractivity contribution in [2.75, 3.05) is 25.0 Å². The average molecular weight is 398 g/mol. The Morgan fingerprint density at radius 1 is 1.07 bits per heavy atom. The first-order chi connectivity index (χ1) is 13.5. The van der Waals surface area contributed by atoms with Crippen molar-refractivity contribution in [1.29, 1.82) is 0 Å². The monoisotopic (exact) mass is 397 g/mol. The van der Waals surface area contributed by atoms with Gasteiger partial charge in [-0.2, -0.15) is 4.31 Å². The summed E-state index contributed by atoms with van der Waals surface area (Å²) in [6, 6.07) is 15.2. The number of amides is 1. The van der Waals surface area contributed by atoms with E-state index in [0.29, 0.717) is 6.54 Å². The van der Waals surface area contributed by atoms with Gasteiger partial charge in [-0.3, -0.25) is 9.69 Å². The number of hydrogen-bond donors (Lipinski definition) is 0. The van der Waals surface area contributed by atoms with Gasteiger partial charge in [0.25, 0.3) is 0 Å². The summed E-state index contributed by atoms with van der Waals surface area (Å²) in [4.78, 5) is 16.2. The molecule has 2 aromatic carbocycles. The first kappa shape index (κ1) is 17.8. The van der Waals surface area contributed by atoms with Gasteiger partial charge >= 0.3 is 0 Å². The lowest BCUT2D eigenvalue weighted by atomic mass is 10.1. The second-order valence-electron chi connectivity index (χ2n) is 7.81. The lowest BCUT2D eigenvalue weighted by molar-refractivity contribution is -0.117. The molecule has 2 saturated heterocycles. The molecule has 7 heteroatoms. The number of rotatable bonds is 3. The standard InChI is InChI=1S/C21H23N3O3S/c1-22-19-10-9-18(12-16(19)13-20(22)25)28(26,27)24-14-17-8-5-11-23(17)21(24)15-6-3-2-4-7-15/h2-4,6-7,9-10,12,17,21H,5,8,11,13-14H2,1H3. The number of sulfonamides is 1. The highest BCUT2D eigenvalue weighted by atomic mass is 32.2. The van der Waals surface area contributed by atoms with Crippen molar-refractivity contribution in [3.63, 3.8) is 0 Å². The normalized spacial score (nSPS) is 25.3. The van der Waals surface area contributed by atoms with Crippen molar-refractivity contribution < 1.29 is 13.2 Å². The van der Waals surface area contributed by atoms with E-state index < -0.39 is 10.0 Å². The van der Waals surface area contributed by atoms with Gasteiger partial charge in [0.05, 0.1) is 11.3 Å². The lowest BCUT2D eigenvalue weighted by Gasteiger charge is -2.29. The van der Waals surface area contributed by atoms with E-state index in [1.807, 2.05) is 30.3 Å². The number of likely N-dealkylation sites (N-methyl/N-ethyl adjacent to an activating group) is 1. The summed E-state index contributed by atoms with van der Waals surface area (Å²) >= 11 is 0. The molecule has 5 rings (SSSR count). The van der Waals surface area contributed by atoms with Crippen molar-refractivity contribution in [2.24, 2.45) is 0 Å². The molecule has 2 fully saturated rings. The van der Waals surface area contributed by atoms with Gasteiger partial charge in [-0.25, -0.2) is 8.42 Å². The van der Waals surface area contributed by atoms with Crippen molar-refractivity contribution in [3.8, 4) is 0 Å². The molecule has 3 heterocycles. The van der Waals surface area contributed by atoms with Crippen LogP contribution in [-0.4, -0.2) is 49.7 Å². The van der Waals surface area contributed by atoms with Crippen LogP contribution in [0, 0.1) is 0 Å². The van der Waals surface area contributed by atoms with Gasteiger partial charge in [0, 0.05) is 31.9 Å². The maximum absolute atomic E-state index is 13.6. The molecule has 2 unspecified atom stereocenters. The van der Waals surface area contributed by atoms with Crippen LogP contribution in [0.1, 0.15) is 30.1 Å².